The minimum absolute atomic E-state index is 0.235. The van der Waals surface area contributed by atoms with Gasteiger partial charge in [-0.2, -0.15) is 0 Å². The summed E-state index contributed by atoms with van der Waals surface area (Å²) in [5.74, 6) is 9.08. The van der Waals surface area contributed by atoms with E-state index in [1.54, 1.807) is 11.1 Å². The van der Waals surface area contributed by atoms with Crippen LogP contribution in [0.3, 0.4) is 0 Å². The number of carbonyl (C=O) groups excluding carboxylic acids is 2. The van der Waals surface area contributed by atoms with Gasteiger partial charge in [-0.25, -0.2) is 15.4 Å². The molecule has 3 aromatic carbocycles. The summed E-state index contributed by atoms with van der Waals surface area (Å²) in [5.41, 5.74) is 6.44. The summed E-state index contributed by atoms with van der Waals surface area (Å²) in [6.07, 6.45) is 11.2. The summed E-state index contributed by atoms with van der Waals surface area (Å²) in [5, 5.41) is 1.76. The number of hydrazine groups is 1. The molecule has 0 aromatic heterocycles. The molecule has 1 saturated carbocycles. The van der Waals surface area contributed by atoms with Gasteiger partial charge in [0, 0.05) is 29.2 Å². The highest BCUT2D eigenvalue weighted by Gasteiger charge is 2.25. The predicted molar refractivity (Wildman–Crippen MR) is 172 cm³/mol. The number of benzene rings is 3. The lowest BCUT2D eigenvalue weighted by Gasteiger charge is -2.34. The molecular formula is C34H38BrN3O4. The molecule has 2 aliphatic rings. The fourth-order valence-corrected chi connectivity index (χ4v) is 6.89. The standard InChI is InChI=1S/C34H38BrN3O4/c1-41-33-27(17-20-39)26(15-16-28(33)34(40)42-2)29-21-31(37-18-7-4-8-19-37)32(22-30(29)35)38(36)25-13-11-24(12-14-25)23-9-5-3-6-10-23/h11-17,21-23H,3-10,18-19,36H2,1-2H3. The molecule has 1 aliphatic carbocycles. The van der Waals surface area contributed by atoms with E-state index in [-0.39, 0.29) is 11.3 Å². The zero-order valence-electron chi connectivity index (χ0n) is 24.3. The minimum Gasteiger partial charge on any atom is -0.495 e. The first-order valence-corrected chi connectivity index (χ1v) is 15.5. The lowest BCUT2D eigenvalue weighted by Crippen LogP contribution is -2.33. The van der Waals surface area contributed by atoms with E-state index < -0.39 is 5.97 Å². The molecule has 0 radical (unpaired) electrons. The molecular weight excluding hydrogens is 594 g/mol. The van der Waals surface area contributed by atoms with Gasteiger partial charge in [-0.1, -0.05) is 53.4 Å². The summed E-state index contributed by atoms with van der Waals surface area (Å²) in [4.78, 5) is 26.4. The van der Waals surface area contributed by atoms with E-state index in [0.29, 0.717) is 11.5 Å². The monoisotopic (exact) mass is 631 g/mol. The molecule has 0 bridgehead atoms. The van der Waals surface area contributed by atoms with Gasteiger partial charge in [-0.05, 0) is 85.0 Å². The minimum atomic E-state index is -0.546. The number of halogens is 1. The Hall–Kier alpha value is -3.58. The summed E-state index contributed by atoms with van der Waals surface area (Å²) in [6, 6.07) is 16.3. The van der Waals surface area contributed by atoms with Crippen molar-refractivity contribution in [2.45, 2.75) is 57.3 Å². The first-order valence-electron chi connectivity index (χ1n) is 14.7. The second kappa shape index (κ2) is 13.6. The van der Waals surface area contributed by atoms with E-state index in [1.807, 2.05) is 18.1 Å². The number of hydrogen-bond acceptors (Lipinski definition) is 7. The zero-order valence-corrected chi connectivity index (χ0v) is 25.9. The maximum absolute atomic E-state index is 12.4. The highest BCUT2D eigenvalue weighted by molar-refractivity contribution is 9.10. The van der Waals surface area contributed by atoms with Crippen molar-refractivity contribution in [3.8, 4) is 16.9 Å². The van der Waals surface area contributed by atoms with Crippen molar-refractivity contribution >= 4 is 51.0 Å². The van der Waals surface area contributed by atoms with Crippen molar-refractivity contribution in [3.63, 3.8) is 0 Å². The van der Waals surface area contributed by atoms with Crippen LogP contribution in [0.4, 0.5) is 17.1 Å². The number of rotatable bonds is 8. The number of methoxy groups -OCH3 is 2. The molecule has 5 rings (SSSR count). The van der Waals surface area contributed by atoms with Gasteiger partial charge in [0.1, 0.15) is 17.3 Å². The summed E-state index contributed by atoms with van der Waals surface area (Å²) < 4.78 is 11.3. The Labute approximate surface area is 256 Å². The maximum atomic E-state index is 12.4. The van der Waals surface area contributed by atoms with Crippen molar-refractivity contribution in [2.75, 3.05) is 37.2 Å². The van der Waals surface area contributed by atoms with Crippen molar-refractivity contribution in [2.24, 2.45) is 5.84 Å². The normalized spacial score (nSPS) is 15.6. The van der Waals surface area contributed by atoms with Crippen LogP contribution in [-0.4, -0.2) is 39.2 Å². The van der Waals surface area contributed by atoms with Crippen LogP contribution < -0.4 is 20.5 Å². The number of esters is 1. The third kappa shape index (κ3) is 6.12. The van der Waals surface area contributed by atoms with Gasteiger partial charge in [0.2, 0.25) is 0 Å². The second-order valence-corrected chi connectivity index (χ2v) is 11.9. The van der Waals surface area contributed by atoms with Crippen LogP contribution in [0.5, 0.6) is 5.75 Å². The molecule has 0 unspecified atom stereocenters. The lowest BCUT2D eigenvalue weighted by atomic mass is 9.84. The van der Waals surface area contributed by atoms with Crippen molar-refractivity contribution in [1.82, 2.24) is 0 Å². The molecule has 1 heterocycles. The van der Waals surface area contributed by atoms with Crippen LogP contribution >= 0.6 is 15.9 Å². The topological polar surface area (TPSA) is 85.1 Å². The van der Waals surface area contributed by atoms with Crippen LogP contribution in [0, 0.1) is 0 Å². The van der Waals surface area contributed by atoms with Crippen LogP contribution in [0.25, 0.3) is 17.2 Å². The van der Waals surface area contributed by atoms with Gasteiger partial charge in [-0.15, -0.1) is 0 Å². The molecule has 2 fully saturated rings. The molecule has 0 atom stereocenters. The van der Waals surface area contributed by atoms with Gasteiger partial charge in [0.25, 0.3) is 0 Å². The SMILES string of the molecule is COC(=O)c1ccc(-c2cc(N3CCCCC3)c(N(N)c3ccc(C4CCCCC4)cc3)cc2Br)c(C=C=O)c1OC. The number of anilines is 3. The molecule has 7 nitrogen and oxygen atoms in total. The number of nitrogens with zero attached hydrogens (tertiary/aromatic N) is 2. The zero-order chi connectivity index (χ0) is 29.6. The first kappa shape index (κ1) is 29.9. The van der Waals surface area contributed by atoms with Gasteiger partial charge in [0.05, 0.1) is 31.3 Å². The van der Waals surface area contributed by atoms with Crippen molar-refractivity contribution < 1.29 is 19.1 Å². The Morgan fingerprint density at radius 2 is 1.67 bits per heavy atom. The number of carbonyl (C=O) groups is 1. The Kier molecular flexibility index (Phi) is 9.68. The second-order valence-electron chi connectivity index (χ2n) is 11.0. The highest BCUT2D eigenvalue weighted by atomic mass is 79.9. The van der Waals surface area contributed by atoms with Crippen molar-refractivity contribution in [3.05, 3.63) is 69.7 Å². The summed E-state index contributed by atoms with van der Waals surface area (Å²) >= 11 is 3.79. The van der Waals surface area contributed by atoms with Gasteiger partial charge in [-0.3, -0.25) is 5.01 Å². The molecule has 3 aromatic rings. The van der Waals surface area contributed by atoms with Gasteiger partial charge >= 0.3 is 5.97 Å². The van der Waals surface area contributed by atoms with E-state index >= 15 is 0 Å². The number of ether oxygens (including phenoxy) is 2. The lowest BCUT2D eigenvalue weighted by molar-refractivity contribution is 0.0597. The molecule has 42 heavy (non-hydrogen) atoms. The molecule has 2 N–H and O–H groups in total. The third-order valence-corrected chi connectivity index (χ3v) is 9.22. The third-order valence-electron chi connectivity index (χ3n) is 8.57. The number of hydrogen-bond donors (Lipinski definition) is 1. The van der Waals surface area contributed by atoms with Gasteiger partial charge in [0.15, 0.2) is 0 Å². The Morgan fingerprint density at radius 1 is 0.976 bits per heavy atom. The Morgan fingerprint density at radius 3 is 2.31 bits per heavy atom. The number of piperidine rings is 1. The van der Waals surface area contributed by atoms with Crippen LogP contribution in [0.15, 0.2) is 53.0 Å². The van der Waals surface area contributed by atoms with E-state index in [0.717, 1.165) is 58.6 Å². The summed E-state index contributed by atoms with van der Waals surface area (Å²) in [6.45, 7) is 1.85. The molecule has 220 valence electrons. The predicted octanol–water partition coefficient (Wildman–Crippen LogP) is 7.81. The van der Waals surface area contributed by atoms with E-state index in [1.165, 1.54) is 64.4 Å². The van der Waals surface area contributed by atoms with E-state index in [2.05, 4.69) is 51.2 Å². The Bertz CT molecular complexity index is 1470. The van der Waals surface area contributed by atoms with E-state index in [9.17, 15) is 9.59 Å². The molecule has 0 spiro atoms. The van der Waals surface area contributed by atoms with Gasteiger partial charge < -0.3 is 14.4 Å². The smallest absolute Gasteiger partial charge is 0.341 e. The average Bonchev–Trinajstić information content (AvgIpc) is 3.05. The Balaban J connectivity index is 1.60. The maximum Gasteiger partial charge on any atom is 0.341 e. The van der Waals surface area contributed by atoms with Crippen molar-refractivity contribution in [1.29, 1.82) is 0 Å². The quantitative estimate of drug-likeness (QED) is 0.117. The largest absolute Gasteiger partial charge is 0.495 e. The van der Waals surface area contributed by atoms with Crippen LogP contribution in [-0.2, 0) is 9.53 Å². The van der Waals surface area contributed by atoms with E-state index in [4.69, 9.17) is 15.3 Å². The first-order chi connectivity index (χ1) is 20.5. The highest BCUT2D eigenvalue weighted by Crippen LogP contribution is 2.45. The fraction of sp³-hybridized carbons (Fsp3) is 0.382. The van der Waals surface area contributed by atoms with Crippen LogP contribution in [0.1, 0.15) is 78.8 Å². The molecule has 0 amide bonds. The van der Waals surface area contributed by atoms with Crippen LogP contribution in [0.2, 0.25) is 0 Å². The number of nitrogens with two attached hydrogens (primary N) is 1. The molecule has 1 aliphatic heterocycles. The fourth-order valence-electron chi connectivity index (χ4n) is 6.35. The molecule has 1 saturated heterocycles. The average molecular weight is 633 g/mol. The summed E-state index contributed by atoms with van der Waals surface area (Å²) in [7, 11) is 2.78. The molecule has 8 heteroatoms.